The molecule has 8 aromatic rings. The molecule has 0 aromatic heterocycles. The molecule has 4 aliphatic rings. The van der Waals surface area contributed by atoms with E-state index in [1.165, 1.54) is 27.8 Å². The first kappa shape index (κ1) is 29.4. The monoisotopic (exact) mass is 691 g/mol. The van der Waals surface area contributed by atoms with Crippen molar-refractivity contribution >= 4 is 74.3 Å². The van der Waals surface area contributed by atoms with E-state index in [1.54, 1.807) is 0 Å². The summed E-state index contributed by atoms with van der Waals surface area (Å²) in [5, 5.41) is 0. The van der Waals surface area contributed by atoms with Crippen LogP contribution in [0.15, 0.2) is 182 Å². The molecule has 0 unspecified atom stereocenters. The molecule has 0 N–H and O–H groups in total. The normalized spacial score (nSPS) is 13.7. The Kier molecular flexibility index (Phi) is 6.08. The second kappa shape index (κ2) is 11.2. The highest BCUT2D eigenvalue weighted by Crippen LogP contribution is 2.60. The summed E-state index contributed by atoms with van der Waals surface area (Å²) in [5.41, 5.74) is 15.7. The lowest BCUT2D eigenvalue weighted by atomic mass is 9.33. The summed E-state index contributed by atoms with van der Waals surface area (Å²) >= 11 is 0. The van der Waals surface area contributed by atoms with Crippen LogP contribution in [0.1, 0.15) is 0 Å². The zero-order valence-corrected chi connectivity index (χ0v) is 29.1. The SMILES string of the molecule is c1ccc(N2c3ccccc3B3c4ccccc4N(c4ccccc4)c4cc(-c5cc6c7c(c5)Oc5ccccc5N7c5ccccc5O6)cc2c43)cc1. The Labute approximate surface area is 313 Å². The molecule has 0 saturated carbocycles. The topological polar surface area (TPSA) is 28.2 Å². The van der Waals surface area contributed by atoms with Crippen LogP contribution in [0, 0.1) is 0 Å². The minimum Gasteiger partial charge on any atom is -0.453 e. The number of nitrogens with zero attached hydrogens (tertiary/aromatic N) is 3. The summed E-state index contributed by atoms with van der Waals surface area (Å²) in [4.78, 5) is 7.15. The van der Waals surface area contributed by atoms with Crippen molar-refractivity contribution in [3.8, 4) is 34.1 Å². The fourth-order valence-electron chi connectivity index (χ4n) is 8.96. The lowest BCUT2D eigenvalue weighted by Crippen LogP contribution is -2.61. The molecule has 0 atom stereocenters. The van der Waals surface area contributed by atoms with Crippen molar-refractivity contribution in [2.24, 2.45) is 0 Å². The zero-order valence-electron chi connectivity index (χ0n) is 29.1. The third-order valence-corrected chi connectivity index (χ3v) is 11.2. The molecule has 5 nitrogen and oxygen atoms in total. The molecule has 12 rings (SSSR count). The lowest BCUT2D eigenvalue weighted by molar-refractivity contribution is 0.446. The smallest absolute Gasteiger partial charge is 0.252 e. The van der Waals surface area contributed by atoms with Crippen molar-refractivity contribution in [2.75, 3.05) is 14.7 Å². The van der Waals surface area contributed by atoms with Gasteiger partial charge in [0.05, 0.1) is 11.4 Å². The van der Waals surface area contributed by atoms with Crippen LogP contribution in [-0.4, -0.2) is 6.71 Å². The van der Waals surface area contributed by atoms with E-state index in [1.807, 2.05) is 24.3 Å². The van der Waals surface area contributed by atoms with Crippen LogP contribution in [0.25, 0.3) is 11.1 Å². The standard InChI is InChI=1S/C48H30BN3O2/c1-3-15-33(16-4-1)50-37-21-9-7-19-35(37)49-36-20-8-10-22-38(36)51(34-17-5-2-6-18-34)42-28-31(27-41(50)47(42)49)32-29-45-48-46(30-32)54-44-26-14-12-24-40(44)52(48)39-23-11-13-25-43(39)53-45/h1-30H. The van der Waals surface area contributed by atoms with Gasteiger partial charge in [-0.3, -0.25) is 4.90 Å². The van der Waals surface area contributed by atoms with Crippen molar-refractivity contribution in [2.45, 2.75) is 0 Å². The Morgan fingerprint density at radius 1 is 0.333 bits per heavy atom. The van der Waals surface area contributed by atoms with E-state index in [0.717, 1.165) is 73.9 Å². The summed E-state index contributed by atoms with van der Waals surface area (Å²) in [7, 11) is 0. The summed E-state index contributed by atoms with van der Waals surface area (Å²) in [6.45, 7) is 0.0503. The summed E-state index contributed by atoms with van der Waals surface area (Å²) in [6.07, 6.45) is 0. The molecule has 0 spiro atoms. The van der Waals surface area contributed by atoms with Gasteiger partial charge in [-0.25, -0.2) is 0 Å². The Bertz CT molecular complexity index is 2640. The Morgan fingerprint density at radius 3 is 1.24 bits per heavy atom. The van der Waals surface area contributed by atoms with Crippen LogP contribution < -0.4 is 40.6 Å². The van der Waals surface area contributed by atoms with E-state index in [9.17, 15) is 0 Å². The number of fused-ring (bicyclic) bond motifs is 8. The fourth-order valence-corrected chi connectivity index (χ4v) is 8.96. The van der Waals surface area contributed by atoms with Crippen LogP contribution >= 0.6 is 0 Å². The highest BCUT2D eigenvalue weighted by molar-refractivity contribution is 7.00. The van der Waals surface area contributed by atoms with E-state index in [-0.39, 0.29) is 6.71 Å². The van der Waals surface area contributed by atoms with E-state index >= 15 is 0 Å². The molecule has 0 radical (unpaired) electrons. The second-order valence-corrected chi connectivity index (χ2v) is 14.1. The molecule has 252 valence electrons. The highest BCUT2D eigenvalue weighted by atomic mass is 16.5. The van der Waals surface area contributed by atoms with Crippen LogP contribution in [0.5, 0.6) is 23.0 Å². The molecule has 0 aliphatic carbocycles. The van der Waals surface area contributed by atoms with Gasteiger partial charge in [-0.1, -0.05) is 97.1 Å². The summed E-state index contributed by atoms with van der Waals surface area (Å²) < 4.78 is 13.5. The molecular weight excluding hydrogens is 661 g/mol. The second-order valence-electron chi connectivity index (χ2n) is 14.1. The van der Waals surface area contributed by atoms with Gasteiger partial charge in [-0.15, -0.1) is 0 Å². The van der Waals surface area contributed by atoms with E-state index in [2.05, 4.69) is 172 Å². The van der Waals surface area contributed by atoms with Crippen molar-refractivity contribution in [3.05, 3.63) is 182 Å². The molecule has 54 heavy (non-hydrogen) atoms. The largest absolute Gasteiger partial charge is 0.453 e. The van der Waals surface area contributed by atoms with E-state index < -0.39 is 0 Å². The van der Waals surface area contributed by atoms with Crippen LogP contribution in [0.3, 0.4) is 0 Å². The minimum atomic E-state index is 0.0503. The van der Waals surface area contributed by atoms with Crippen molar-refractivity contribution in [1.29, 1.82) is 0 Å². The van der Waals surface area contributed by atoms with Crippen LogP contribution in [-0.2, 0) is 0 Å². The first-order chi connectivity index (χ1) is 26.8. The Balaban J connectivity index is 1.15. The van der Waals surface area contributed by atoms with Crippen molar-refractivity contribution in [3.63, 3.8) is 0 Å². The predicted molar refractivity (Wildman–Crippen MR) is 221 cm³/mol. The molecule has 0 fully saturated rings. The highest BCUT2D eigenvalue weighted by Gasteiger charge is 2.43. The quantitative estimate of drug-likeness (QED) is 0.172. The van der Waals surface area contributed by atoms with Crippen molar-refractivity contribution in [1.82, 2.24) is 0 Å². The third kappa shape index (κ3) is 4.10. The summed E-state index contributed by atoms with van der Waals surface area (Å²) in [5.74, 6) is 3.14. The van der Waals surface area contributed by atoms with E-state index in [4.69, 9.17) is 9.47 Å². The number of benzene rings is 8. The molecule has 6 heteroatoms. The molecule has 0 bridgehead atoms. The number of hydrogen-bond donors (Lipinski definition) is 0. The fraction of sp³-hybridized carbons (Fsp3) is 0. The zero-order chi connectivity index (χ0) is 35.3. The van der Waals surface area contributed by atoms with Gasteiger partial charge in [0, 0.05) is 34.1 Å². The molecule has 0 saturated heterocycles. The van der Waals surface area contributed by atoms with Gasteiger partial charge >= 0.3 is 0 Å². The molecule has 8 aromatic carbocycles. The predicted octanol–water partition coefficient (Wildman–Crippen LogP) is 11.1. The molecule has 0 amide bonds. The van der Waals surface area contributed by atoms with Gasteiger partial charge in [0.1, 0.15) is 5.69 Å². The maximum absolute atomic E-state index is 6.73. The van der Waals surface area contributed by atoms with Gasteiger partial charge in [-0.05, 0) is 112 Å². The minimum absolute atomic E-state index is 0.0503. The van der Waals surface area contributed by atoms with Gasteiger partial charge in [0.25, 0.3) is 6.71 Å². The van der Waals surface area contributed by atoms with Gasteiger partial charge in [-0.2, -0.15) is 0 Å². The first-order valence-corrected chi connectivity index (χ1v) is 18.4. The third-order valence-electron chi connectivity index (χ3n) is 11.2. The number of anilines is 9. The number of hydrogen-bond acceptors (Lipinski definition) is 5. The van der Waals surface area contributed by atoms with E-state index in [0.29, 0.717) is 0 Å². The summed E-state index contributed by atoms with van der Waals surface area (Å²) in [6, 6.07) is 64.8. The van der Waals surface area contributed by atoms with Gasteiger partial charge in [0.2, 0.25) is 0 Å². The average Bonchev–Trinajstić information content (AvgIpc) is 3.23. The maximum Gasteiger partial charge on any atom is 0.252 e. The number of rotatable bonds is 3. The Morgan fingerprint density at radius 2 is 0.741 bits per heavy atom. The lowest BCUT2D eigenvalue weighted by Gasteiger charge is -2.44. The van der Waals surface area contributed by atoms with Crippen molar-refractivity contribution < 1.29 is 9.47 Å². The average molecular weight is 692 g/mol. The van der Waals surface area contributed by atoms with Crippen LogP contribution in [0.2, 0.25) is 0 Å². The van der Waals surface area contributed by atoms with Gasteiger partial charge < -0.3 is 19.3 Å². The van der Waals surface area contributed by atoms with Crippen LogP contribution in [0.4, 0.5) is 51.2 Å². The molecular formula is C48H30BN3O2. The number of ether oxygens (including phenoxy) is 2. The van der Waals surface area contributed by atoms with Gasteiger partial charge in [0.15, 0.2) is 23.0 Å². The molecule has 4 aliphatic heterocycles. The first-order valence-electron chi connectivity index (χ1n) is 18.4. The Hall–Kier alpha value is -7.18. The maximum atomic E-state index is 6.73. The molecule has 4 heterocycles. The number of para-hydroxylation sites is 8.